The van der Waals surface area contributed by atoms with E-state index in [9.17, 15) is 8.42 Å². The fourth-order valence-corrected chi connectivity index (χ4v) is 2.07. The molecule has 0 atom stereocenters. The molecule has 1 rings (SSSR count). The predicted octanol–water partition coefficient (Wildman–Crippen LogP) is -0.0306. The first-order valence-corrected chi connectivity index (χ1v) is 6.20. The molecule has 0 spiro atoms. The quantitative estimate of drug-likeness (QED) is 0.672. The number of nitrogens with zero attached hydrogens (tertiary/aromatic N) is 1. The number of rotatable bonds is 6. The van der Waals surface area contributed by atoms with E-state index < -0.39 is 10.0 Å². The lowest BCUT2D eigenvalue weighted by Crippen LogP contribution is -2.27. The Balaban J connectivity index is 2.53. The van der Waals surface area contributed by atoms with Crippen molar-refractivity contribution in [2.45, 2.75) is 11.4 Å². The average molecular weight is 229 g/mol. The second kappa shape index (κ2) is 5.79. The first-order valence-electron chi connectivity index (χ1n) is 4.72. The summed E-state index contributed by atoms with van der Waals surface area (Å²) < 4.78 is 25.7. The van der Waals surface area contributed by atoms with Crippen molar-refractivity contribution in [2.24, 2.45) is 0 Å². The van der Waals surface area contributed by atoms with E-state index in [-0.39, 0.29) is 5.03 Å². The maximum absolute atomic E-state index is 11.6. The van der Waals surface area contributed by atoms with Gasteiger partial charge in [0.15, 0.2) is 5.03 Å². The van der Waals surface area contributed by atoms with Gasteiger partial charge in [0.25, 0.3) is 10.0 Å². The van der Waals surface area contributed by atoms with Gasteiger partial charge in [0.1, 0.15) is 0 Å². The molecule has 1 aromatic heterocycles. The Morgan fingerprint density at radius 2 is 2.13 bits per heavy atom. The molecular formula is C9H15N3O2S. The van der Waals surface area contributed by atoms with Crippen molar-refractivity contribution in [3.05, 3.63) is 24.4 Å². The molecule has 0 aliphatic carbocycles. The van der Waals surface area contributed by atoms with E-state index in [0.717, 1.165) is 13.0 Å². The fourth-order valence-electron chi connectivity index (χ4n) is 1.05. The van der Waals surface area contributed by atoms with Crippen LogP contribution < -0.4 is 10.0 Å². The number of hydrogen-bond acceptors (Lipinski definition) is 4. The molecule has 1 aromatic rings. The van der Waals surface area contributed by atoms with Crippen LogP contribution in [0, 0.1) is 0 Å². The number of sulfonamides is 1. The topological polar surface area (TPSA) is 71.1 Å². The molecule has 1 heterocycles. The van der Waals surface area contributed by atoms with Crippen LogP contribution in [0.4, 0.5) is 0 Å². The summed E-state index contributed by atoms with van der Waals surface area (Å²) >= 11 is 0. The molecule has 84 valence electrons. The summed E-state index contributed by atoms with van der Waals surface area (Å²) in [6.45, 7) is 1.20. The highest BCUT2D eigenvalue weighted by Gasteiger charge is 2.13. The summed E-state index contributed by atoms with van der Waals surface area (Å²) in [5.41, 5.74) is 0. The van der Waals surface area contributed by atoms with Gasteiger partial charge in [-0.2, -0.15) is 0 Å². The minimum Gasteiger partial charge on any atom is -0.320 e. The van der Waals surface area contributed by atoms with E-state index >= 15 is 0 Å². The third-order valence-electron chi connectivity index (χ3n) is 1.81. The Bertz CT molecular complexity index is 378. The highest BCUT2D eigenvalue weighted by molar-refractivity contribution is 7.89. The van der Waals surface area contributed by atoms with Gasteiger partial charge in [0, 0.05) is 12.7 Å². The van der Waals surface area contributed by atoms with Gasteiger partial charge in [0.2, 0.25) is 0 Å². The highest BCUT2D eigenvalue weighted by Crippen LogP contribution is 2.02. The van der Waals surface area contributed by atoms with Crippen LogP contribution in [0.3, 0.4) is 0 Å². The summed E-state index contributed by atoms with van der Waals surface area (Å²) in [6, 6.07) is 4.80. The lowest BCUT2D eigenvalue weighted by Gasteiger charge is -2.05. The van der Waals surface area contributed by atoms with Crippen molar-refractivity contribution in [3.8, 4) is 0 Å². The zero-order valence-corrected chi connectivity index (χ0v) is 9.42. The van der Waals surface area contributed by atoms with Gasteiger partial charge in [-0.05, 0) is 32.1 Å². The zero-order valence-electron chi connectivity index (χ0n) is 8.60. The van der Waals surface area contributed by atoms with Crippen LogP contribution in [0.1, 0.15) is 6.42 Å². The molecule has 2 N–H and O–H groups in total. The van der Waals surface area contributed by atoms with Gasteiger partial charge in [-0.25, -0.2) is 18.1 Å². The van der Waals surface area contributed by atoms with Crippen LogP contribution in [0.5, 0.6) is 0 Å². The Morgan fingerprint density at radius 3 is 2.73 bits per heavy atom. The molecule has 0 radical (unpaired) electrons. The molecule has 0 saturated heterocycles. The molecule has 5 nitrogen and oxygen atoms in total. The lowest BCUT2D eigenvalue weighted by molar-refractivity contribution is 0.573. The lowest BCUT2D eigenvalue weighted by atomic mass is 10.4. The first-order chi connectivity index (χ1) is 7.17. The van der Waals surface area contributed by atoms with Crippen molar-refractivity contribution in [3.63, 3.8) is 0 Å². The minimum absolute atomic E-state index is 0.0643. The van der Waals surface area contributed by atoms with Gasteiger partial charge in [-0.1, -0.05) is 6.07 Å². The summed E-state index contributed by atoms with van der Waals surface area (Å²) in [6.07, 6.45) is 2.21. The number of nitrogens with one attached hydrogen (secondary N) is 2. The molecule has 0 aliphatic heterocycles. The van der Waals surface area contributed by atoms with Crippen molar-refractivity contribution in [2.75, 3.05) is 20.1 Å². The molecule has 6 heteroatoms. The normalized spacial score (nSPS) is 11.5. The number of pyridine rings is 1. The molecule has 0 aliphatic rings. The summed E-state index contributed by atoms with van der Waals surface area (Å²) in [7, 11) is -1.60. The molecule has 0 unspecified atom stereocenters. The van der Waals surface area contributed by atoms with Gasteiger partial charge in [0.05, 0.1) is 0 Å². The van der Waals surface area contributed by atoms with Crippen LogP contribution in [-0.2, 0) is 10.0 Å². The molecule has 0 amide bonds. The molecule has 0 saturated carbocycles. The van der Waals surface area contributed by atoms with Gasteiger partial charge in [-0.15, -0.1) is 0 Å². The zero-order chi connectivity index (χ0) is 11.1. The van der Waals surface area contributed by atoms with E-state index in [4.69, 9.17) is 0 Å². The summed E-state index contributed by atoms with van der Waals surface area (Å²) in [4.78, 5) is 3.78. The van der Waals surface area contributed by atoms with Crippen molar-refractivity contribution >= 4 is 10.0 Å². The van der Waals surface area contributed by atoms with Crippen LogP contribution in [0.15, 0.2) is 29.4 Å². The Hall–Kier alpha value is -0.980. The molecule has 0 bridgehead atoms. The maximum atomic E-state index is 11.6. The molecule has 15 heavy (non-hydrogen) atoms. The Morgan fingerprint density at radius 1 is 1.33 bits per heavy atom. The van der Waals surface area contributed by atoms with Crippen LogP contribution >= 0.6 is 0 Å². The largest absolute Gasteiger partial charge is 0.320 e. The van der Waals surface area contributed by atoms with E-state index in [2.05, 4.69) is 15.0 Å². The summed E-state index contributed by atoms with van der Waals surface area (Å²) in [5, 5.41) is 3.01. The van der Waals surface area contributed by atoms with Crippen LogP contribution in [0.2, 0.25) is 0 Å². The van der Waals surface area contributed by atoms with Crippen LogP contribution in [0.25, 0.3) is 0 Å². The average Bonchev–Trinajstić information content (AvgIpc) is 2.26. The van der Waals surface area contributed by atoms with Crippen LogP contribution in [-0.4, -0.2) is 33.5 Å². The van der Waals surface area contributed by atoms with Gasteiger partial charge in [-0.3, -0.25) is 0 Å². The van der Waals surface area contributed by atoms with E-state index in [1.807, 2.05) is 7.05 Å². The number of aromatic nitrogens is 1. The van der Waals surface area contributed by atoms with Crippen molar-refractivity contribution < 1.29 is 8.42 Å². The SMILES string of the molecule is CNCCCNS(=O)(=O)c1ccccn1. The standard InChI is InChI=1S/C9H15N3O2S/c1-10-6-4-8-12-15(13,14)9-5-2-3-7-11-9/h2-3,5,7,10,12H,4,6,8H2,1H3. The minimum atomic E-state index is -3.43. The van der Waals surface area contributed by atoms with Gasteiger partial charge < -0.3 is 5.32 Å². The van der Waals surface area contributed by atoms with Crippen molar-refractivity contribution in [1.29, 1.82) is 0 Å². The monoisotopic (exact) mass is 229 g/mol. The third kappa shape index (κ3) is 3.94. The molecular weight excluding hydrogens is 214 g/mol. The maximum Gasteiger partial charge on any atom is 0.258 e. The molecule has 0 aromatic carbocycles. The third-order valence-corrected chi connectivity index (χ3v) is 3.19. The van der Waals surface area contributed by atoms with E-state index in [0.29, 0.717) is 6.54 Å². The molecule has 0 fully saturated rings. The van der Waals surface area contributed by atoms with Gasteiger partial charge >= 0.3 is 0 Å². The Kier molecular flexibility index (Phi) is 4.67. The summed E-state index contributed by atoms with van der Waals surface area (Å²) in [5.74, 6) is 0. The van der Waals surface area contributed by atoms with E-state index in [1.165, 1.54) is 12.3 Å². The predicted molar refractivity (Wildman–Crippen MR) is 58.0 cm³/mol. The van der Waals surface area contributed by atoms with E-state index in [1.54, 1.807) is 12.1 Å². The smallest absolute Gasteiger partial charge is 0.258 e. The first kappa shape index (κ1) is 12.1. The second-order valence-corrected chi connectivity index (χ2v) is 4.74. The number of hydrogen-bond donors (Lipinski definition) is 2. The Labute approximate surface area is 90.0 Å². The second-order valence-electron chi connectivity index (χ2n) is 3.02. The fraction of sp³-hybridized carbons (Fsp3) is 0.444. The van der Waals surface area contributed by atoms with Crippen molar-refractivity contribution in [1.82, 2.24) is 15.0 Å². The highest BCUT2D eigenvalue weighted by atomic mass is 32.2.